The van der Waals surface area contributed by atoms with Crippen molar-refractivity contribution in [3.8, 4) is 11.5 Å². The number of esters is 1. The van der Waals surface area contributed by atoms with E-state index in [2.05, 4.69) is 4.74 Å². The van der Waals surface area contributed by atoms with Gasteiger partial charge in [0.25, 0.3) is 0 Å². The first-order valence-electron chi connectivity index (χ1n) is 4.30. The molecule has 5 nitrogen and oxygen atoms in total. The van der Waals surface area contributed by atoms with Crippen molar-refractivity contribution in [1.29, 1.82) is 0 Å². The SMILES string of the molecule is COC(=O)Cc1cc(N)c(O)c(OC)c1. The molecule has 0 aliphatic heterocycles. The molecule has 0 fully saturated rings. The van der Waals surface area contributed by atoms with E-state index in [0.29, 0.717) is 5.56 Å². The molecule has 0 saturated heterocycles. The standard InChI is InChI=1S/C10H13NO4/c1-14-8-4-6(5-9(12)15-2)3-7(11)10(8)13/h3-4,13H,5,11H2,1-2H3. The maximum absolute atomic E-state index is 11.0. The van der Waals surface area contributed by atoms with Crippen molar-refractivity contribution >= 4 is 11.7 Å². The van der Waals surface area contributed by atoms with Gasteiger partial charge in [-0.05, 0) is 17.7 Å². The highest BCUT2D eigenvalue weighted by atomic mass is 16.5. The van der Waals surface area contributed by atoms with Gasteiger partial charge in [-0.3, -0.25) is 4.79 Å². The van der Waals surface area contributed by atoms with Gasteiger partial charge in [-0.2, -0.15) is 0 Å². The van der Waals surface area contributed by atoms with Crippen LogP contribution in [0.1, 0.15) is 5.56 Å². The van der Waals surface area contributed by atoms with Crippen LogP contribution in [0, 0.1) is 0 Å². The Balaban J connectivity index is 3.00. The normalized spacial score (nSPS) is 9.73. The summed E-state index contributed by atoms with van der Waals surface area (Å²) in [5.41, 5.74) is 6.34. The maximum Gasteiger partial charge on any atom is 0.309 e. The van der Waals surface area contributed by atoms with Crippen LogP contribution in [0.4, 0.5) is 5.69 Å². The van der Waals surface area contributed by atoms with Crippen molar-refractivity contribution in [2.75, 3.05) is 20.0 Å². The zero-order valence-electron chi connectivity index (χ0n) is 8.61. The van der Waals surface area contributed by atoms with Crippen molar-refractivity contribution in [1.82, 2.24) is 0 Å². The fraction of sp³-hybridized carbons (Fsp3) is 0.300. The van der Waals surface area contributed by atoms with Crippen LogP contribution in [0.25, 0.3) is 0 Å². The van der Waals surface area contributed by atoms with Crippen LogP contribution in [0.3, 0.4) is 0 Å². The predicted molar refractivity (Wildman–Crippen MR) is 54.8 cm³/mol. The third kappa shape index (κ3) is 2.52. The predicted octanol–water partition coefficient (Wildman–Crippen LogP) is 0.699. The molecule has 3 N–H and O–H groups in total. The molecule has 1 rings (SSSR count). The Morgan fingerprint density at radius 3 is 2.67 bits per heavy atom. The molecule has 0 radical (unpaired) electrons. The number of phenols is 1. The smallest absolute Gasteiger partial charge is 0.309 e. The number of hydrogen-bond donors (Lipinski definition) is 2. The zero-order chi connectivity index (χ0) is 11.4. The molecule has 0 unspecified atom stereocenters. The molecule has 0 aliphatic rings. The van der Waals surface area contributed by atoms with Crippen LogP contribution in [-0.4, -0.2) is 25.3 Å². The highest BCUT2D eigenvalue weighted by Crippen LogP contribution is 2.33. The molecular formula is C10H13NO4. The molecule has 1 aromatic rings. The van der Waals surface area contributed by atoms with E-state index < -0.39 is 0 Å². The molecule has 15 heavy (non-hydrogen) atoms. The number of aromatic hydroxyl groups is 1. The Morgan fingerprint density at radius 1 is 1.47 bits per heavy atom. The van der Waals surface area contributed by atoms with Crippen LogP contribution in [0.2, 0.25) is 0 Å². The monoisotopic (exact) mass is 211 g/mol. The van der Waals surface area contributed by atoms with E-state index in [1.807, 2.05) is 0 Å². The lowest BCUT2D eigenvalue weighted by Gasteiger charge is -2.08. The van der Waals surface area contributed by atoms with Crippen LogP contribution < -0.4 is 10.5 Å². The number of carbonyl (C=O) groups excluding carboxylic acids is 1. The first-order chi connectivity index (χ1) is 7.08. The molecule has 0 heterocycles. The Labute approximate surface area is 87.4 Å². The molecule has 0 spiro atoms. The lowest BCUT2D eigenvalue weighted by molar-refractivity contribution is -0.139. The molecule has 1 aromatic carbocycles. The molecule has 82 valence electrons. The van der Waals surface area contributed by atoms with Gasteiger partial charge in [-0.15, -0.1) is 0 Å². The van der Waals surface area contributed by atoms with Gasteiger partial charge in [0.05, 0.1) is 26.3 Å². The van der Waals surface area contributed by atoms with E-state index in [0.717, 1.165) is 0 Å². The Bertz CT molecular complexity index is 376. The molecular weight excluding hydrogens is 198 g/mol. The highest BCUT2D eigenvalue weighted by Gasteiger charge is 2.10. The summed E-state index contributed by atoms with van der Waals surface area (Å²) in [5, 5.41) is 9.45. The van der Waals surface area contributed by atoms with Gasteiger partial charge in [-0.25, -0.2) is 0 Å². The van der Waals surface area contributed by atoms with Gasteiger partial charge < -0.3 is 20.3 Å². The van der Waals surface area contributed by atoms with E-state index in [1.54, 1.807) is 6.07 Å². The summed E-state index contributed by atoms with van der Waals surface area (Å²) in [4.78, 5) is 11.0. The Kier molecular flexibility index (Phi) is 3.38. The Hall–Kier alpha value is -1.91. The fourth-order valence-electron chi connectivity index (χ4n) is 1.19. The maximum atomic E-state index is 11.0. The summed E-state index contributed by atoms with van der Waals surface area (Å²) >= 11 is 0. The number of rotatable bonds is 3. The third-order valence-corrected chi connectivity index (χ3v) is 1.96. The van der Waals surface area contributed by atoms with Crippen molar-refractivity contribution in [3.05, 3.63) is 17.7 Å². The number of phenolic OH excluding ortho intramolecular Hbond substituents is 1. The first kappa shape index (κ1) is 11.2. The van der Waals surface area contributed by atoms with Crippen LogP contribution in [0.15, 0.2) is 12.1 Å². The molecule has 0 bridgehead atoms. The van der Waals surface area contributed by atoms with Crippen molar-refractivity contribution in [2.45, 2.75) is 6.42 Å². The highest BCUT2D eigenvalue weighted by molar-refractivity contribution is 5.74. The second-order valence-electron chi connectivity index (χ2n) is 2.99. The summed E-state index contributed by atoms with van der Waals surface area (Å²) in [5.74, 6) is -0.248. The average molecular weight is 211 g/mol. The lowest BCUT2D eigenvalue weighted by Crippen LogP contribution is -2.05. The lowest BCUT2D eigenvalue weighted by atomic mass is 10.1. The van der Waals surface area contributed by atoms with Gasteiger partial charge in [0.1, 0.15) is 0 Å². The summed E-state index contributed by atoms with van der Waals surface area (Å²) in [6.45, 7) is 0. The van der Waals surface area contributed by atoms with Gasteiger partial charge in [0.2, 0.25) is 0 Å². The van der Waals surface area contributed by atoms with E-state index in [1.165, 1.54) is 20.3 Å². The molecule has 0 saturated carbocycles. The second-order valence-corrected chi connectivity index (χ2v) is 2.99. The number of nitrogens with two attached hydrogens (primary N) is 1. The number of ether oxygens (including phenoxy) is 2. The van der Waals surface area contributed by atoms with Gasteiger partial charge in [0.15, 0.2) is 11.5 Å². The van der Waals surface area contributed by atoms with E-state index in [4.69, 9.17) is 10.5 Å². The van der Waals surface area contributed by atoms with E-state index in [-0.39, 0.29) is 29.6 Å². The minimum atomic E-state index is -0.373. The minimum Gasteiger partial charge on any atom is -0.503 e. The second kappa shape index (κ2) is 4.54. The molecule has 0 amide bonds. The van der Waals surface area contributed by atoms with Gasteiger partial charge >= 0.3 is 5.97 Å². The zero-order valence-corrected chi connectivity index (χ0v) is 8.61. The number of methoxy groups -OCH3 is 2. The van der Waals surface area contributed by atoms with Crippen molar-refractivity contribution in [3.63, 3.8) is 0 Å². The number of hydrogen-bond acceptors (Lipinski definition) is 5. The minimum absolute atomic E-state index is 0.0946. The van der Waals surface area contributed by atoms with Crippen molar-refractivity contribution < 1.29 is 19.4 Å². The molecule has 0 aromatic heterocycles. The summed E-state index contributed by atoms with van der Waals surface area (Å²) in [6, 6.07) is 3.05. The van der Waals surface area contributed by atoms with Gasteiger partial charge in [0, 0.05) is 0 Å². The number of benzene rings is 1. The van der Waals surface area contributed by atoms with E-state index in [9.17, 15) is 9.90 Å². The summed E-state index contributed by atoms with van der Waals surface area (Å²) in [6.07, 6.45) is 0.0946. The van der Waals surface area contributed by atoms with Crippen molar-refractivity contribution in [2.24, 2.45) is 0 Å². The van der Waals surface area contributed by atoms with Crippen LogP contribution in [0.5, 0.6) is 11.5 Å². The molecule has 0 atom stereocenters. The third-order valence-electron chi connectivity index (χ3n) is 1.96. The quantitative estimate of drug-likeness (QED) is 0.437. The van der Waals surface area contributed by atoms with Crippen LogP contribution in [-0.2, 0) is 16.0 Å². The summed E-state index contributed by atoms with van der Waals surface area (Å²) < 4.78 is 9.41. The number of carbonyl (C=O) groups is 1. The number of anilines is 1. The Morgan fingerprint density at radius 2 is 2.13 bits per heavy atom. The largest absolute Gasteiger partial charge is 0.503 e. The number of nitrogen functional groups attached to an aromatic ring is 1. The fourth-order valence-corrected chi connectivity index (χ4v) is 1.19. The topological polar surface area (TPSA) is 81.8 Å². The first-order valence-corrected chi connectivity index (χ1v) is 4.30. The summed E-state index contributed by atoms with van der Waals surface area (Å²) in [7, 11) is 2.72. The average Bonchev–Trinajstić information content (AvgIpc) is 2.22. The molecule has 5 heteroatoms. The van der Waals surface area contributed by atoms with E-state index >= 15 is 0 Å². The molecule has 0 aliphatic carbocycles. The van der Waals surface area contributed by atoms with Crippen LogP contribution >= 0.6 is 0 Å². The van der Waals surface area contributed by atoms with Gasteiger partial charge in [-0.1, -0.05) is 0 Å².